The normalized spacial score (nSPS) is 11.8. The van der Waals surface area contributed by atoms with E-state index < -0.39 is 4.92 Å². The minimum Gasteiger partial charge on any atom is -0.371 e. The largest absolute Gasteiger partial charge is 0.371 e. The van der Waals surface area contributed by atoms with Crippen molar-refractivity contribution in [1.29, 1.82) is 0 Å². The van der Waals surface area contributed by atoms with Crippen molar-refractivity contribution in [2.24, 2.45) is 0 Å². The lowest BCUT2D eigenvalue weighted by Crippen LogP contribution is -2.23. The molecule has 0 spiro atoms. The minimum atomic E-state index is -0.488. The van der Waals surface area contributed by atoms with Gasteiger partial charge in [-0.3, -0.25) is 19.9 Å². The van der Waals surface area contributed by atoms with Crippen LogP contribution >= 0.6 is 0 Å². The fourth-order valence-electron chi connectivity index (χ4n) is 3.43. The predicted molar refractivity (Wildman–Crippen MR) is 129 cm³/mol. The number of nitrogens with one attached hydrogen (secondary N) is 2. The third-order valence-corrected chi connectivity index (χ3v) is 5.40. The van der Waals surface area contributed by atoms with Crippen LogP contribution in [0, 0.1) is 10.1 Å². The van der Waals surface area contributed by atoms with Gasteiger partial charge in [0.05, 0.1) is 16.7 Å². The average molecular weight is 448 g/mol. The predicted octanol–water partition coefficient (Wildman–Crippen LogP) is 4.54. The lowest BCUT2D eigenvalue weighted by Gasteiger charge is -2.15. The van der Waals surface area contributed by atoms with Crippen LogP contribution in [-0.4, -0.2) is 34.3 Å². The van der Waals surface area contributed by atoms with Crippen LogP contribution in [0.4, 0.5) is 11.4 Å². The molecule has 1 amide bonds. The quantitative estimate of drug-likeness (QED) is 0.349. The Morgan fingerprint density at radius 1 is 1.12 bits per heavy atom. The highest BCUT2D eigenvalue weighted by atomic mass is 16.6. The molecule has 0 bridgehead atoms. The summed E-state index contributed by atoms with van der Waals surface area (Å²) in [5, 5.41) is 17.6. The second-order valence-electron chi connectivity index (χ2n) is 7.94. The highest BCUT2D eigenvalue weighted by Crippen LogP contribution is 2.29. The number of carbonyl (C=O) groups excluding carboxylic acids is 1. The monoisotopic (exact) mass is 447 g/mol. The summed E-state index contributed by atoms with van der Waals surface area (Å²) in [5.41, 5.74) is 3.32. The van der Waals surface area contributed by atoms with E-state index in [0.717, 1.165) is 24.3 Å². The van der Waals surface area contributed by atoms with Gasteiger partial charge < -0.3 is 15.5 Å². The number of nitro groups is 1. The topological polar surface area (TPSA) is 100 Å². The number of nitro benzene ring substituents is 1. The van der Waals surface area contributed by atoms with Crippen LogP contribution in [0.15, 0.2) is 66.9 Å². The molecular weight excluding hydrogens is 418 g/mol. The van der Waals surface area contributed by atoms with Crippen LogP contribution in [0.3, 0.4) is 0 Å². The molecule has 0 saturated carbocycles. The van der Waals surface area contributed by atoms with Gasteiger partial charge in [-0.25, -0.2) is 0 Å². The van der Waals surface area contributed by atoms with E-state index in [0.29, 0.717) is 12.2 Å². The molecule has 33 heavy (non-hydrogen) atoms. The Morgan fingerprint density at radius 2 is 1.91 bits per heavy atom. The van der Waals surface area contributed by atoms with Gasteiger partial charge in [0.2, 0.25) is 0 Å². The van der Waals surface area contributed by atoms with E-state index in [2.05, 4.69) is 46.6 Å². The van der Waals surface area contributed by atoms with Crippen molar-refractivity contribution in [2.45, 2.75) is 33.0 Å². The number of pyridine rings is 1. The van der Waals surface area contributed by atoms with Gasteiger partial charge >= 0.3 is 0 Å². The summed E-state index contributed by atoms with van der Waals surface area (Å²) in [6, 6.07) is 17.8. The van der Waals surface area contributed by atoms with Gasteiger partial charge in [-0.1, -0.05) is 37.3 Å². The summed E-state index contributed by atoms with van der Waals surface area (Å²) < 4.78 is 0. The van der Waals surface area contributed by atoms with Crippen molar-refractivity contribution in [1.82, 2.24) is 15.2 Å². The number of nitrogens with zero attached hydrogens (tertiary/aromatic N) is 3. The lowest BCUT2D eigenvalue weighted by molar-refractivity contribution is -0.384. The number of aromatic nitrogens is 1. The standard InChI is InChI=1S/C25H29N5O3/c1-4-29(3)17-20-9-7-8-19(14-20)16-27-25(31)21-11-12-23(24(15-21)30(32)33)28-18(2)22-10-5-6-13-26-22/h5-15,18,28H,4,16-17H2,1-3H3,(H,27,31). The first-order valence-corrected chi connectivity index (χ1v) is 10.9. The van der Waals surface area contributed by atoms with E-state index in [1.165, 1.54) is 11.6 Å². The Hall–Kier alpha value is -3.78. The second-order valence-corrected chi connectivity index (χ2v) is 7.94. The average Bonchev–Trinajstić information content (AvgIpc) is 2.83. The van der Waals surface area contributed by atoms with Crippen molar-refractivity contribution in [3.63, 3.8) is 0 Å². The molecule has 0 aliphatic rings. The number of amides is 1. The van der Waals surface area contributed by atoms with E-state index in [1.54, 1.807) is 18.3 Å². The summed E-state index contributed by atoms with van der Waals surface area (Å²) in [7, 11) is 2.05. The molecule has 1 heterocycles. The van der Waals surface area contributed by atoms with Gasteiger partial charge in [0.1, 0.15) is 5.69 Å². The summed E-state index contributed by atoms with van der Waals surface area (Å²) in [6.45, 7) is 6.09. The van der Waals surface area contributed by atoms with E-state index in [4.69, 9.17) is 0 Å². The molecule has 2 N–H and O–H groups in total. The minimum absolute atomic E-state index is 0.157. The fraction of sp³-hybridized carbons (Fsp3) is 0.280. The highest BCUT2D eigenvalue weighted by Gasteiger charge is 2.19. The van der Waals surface area contributed by atoms with Gasteiger partial charge in [-0.2, -0.15) is 0 Å². The third-order valence-electron chi connectivity index (χ3n) is 5.40. The number of hydrogen-bond donors (Lipinski definition) is 2. The number of benzene rings is 2. The smallest absolute Gasteiger partial charge is 0.293 e. The van der Waals surface area contributed by atoms with Crippen molar-refractivity contribution in [3.8, 4) is 0 Å². The Labute approximate surface area is 193 Å². The molecule has 8 nitrogen and oxygen atoms in total. The molecule has 3 aromatic rings. The summed E-state index contributed by atoms with van der Waals surface area (Å²) >= 11 is 0. The number of hydrogen-bond acceptors (Lipinski definition) is 6. The number of anilines is 1. The zero-order valence-corrected chi connectivity index (χ0v) is 19.1. The van der Waals surface area contributed by atoms with Crippen molar-refractivity contribution in [3.05, 3.63) is 99.4 Å². The van der Waals surface area contributed by atoms with Gasteiger partial charge in [-0.05, 0) is 55.9 Å². The van der Waals surface area contributed by atoms with Crippen molar-refractivity contribution >= 4 is 17.3 Å². The first kappa shape index (κ1) is 23.9. The fourth-order valence-corrected chi connectivity index (χ4v) is 3.43. The highest BCUT2D eigenvalue weighted by molar-refractivity contribution is 5.95. The molecule has 0 radical (unpaired) electrons. The number of rotatable bonds is 10. The van der Waals surface area contributed by atoms with Crippen LogP contribution in [0.25, 0.3) is 0 Å². The maximum Gasteiger partial charge on any atom is 0.293 e. The zero-order chi connectivity index (χ0) is 23.8. The van der Waals surface area contributed by atoms with Crippen LogP contribution in [0.2, 0.25) is 0 Å². The zero-order valence-electron chi connectivity index (χ0n) is 19.1. The van der Waals surface area contributed by atoms with E-state index >= 15 is 0 Å². The van der Waals surface area contributed by atoms with Crippen molar-refractivity contribution < 1.29 is 9.72 Å². The molecule has 0 fully saturated rings. The van der Waals surface area contributed by atoms with E-state index in [9.17, 15) is 14.9 Å². The van der Waals surface area contributed by atoms with E-state index in [-0.39, 0.29) is 23.2 Å². The SMILES string of the molecule is CCN(C)Cc1cccc(CNC(=O)c2ccc(NC(C)c3ccccn3)c([N+](=O)[O-])c2)c1. The lowest BCUT2D eigenvalue weighted by atomic mass is 10.1. The van der Waals surface area contributed by atoms with Crippen LogP contribution < -0.4 is 10.6 Å². The first-order valence-electron chi connectivity index (χ1n) is 10.9. The van der Waals surface area contributed by atoms with Crippen LogP contribution in [0.1, 0.15) is 47.1 Å². The van der Waals surface area contributed by atoms with E-state index in [1.807, 2.05) is 37.3 Å². The first-order chi connectivity index (χ1) is 15.9. The Balaban J connectivity index is 1.69. The summed E-state index contributed by atoms with van der Waals surface area (Å²) in [5.74, 6) is -0.362. The molecule has 8 heteroatoms. The molecule has 1 aromatic heterocycles. The maximum absolute atomic E-state index is 12.7. The molecule has 0 aliphatic heterocycles. The van der Waals surface area contributed by atoms with Gasteiger partial charge in [0, 0.05) is 30.9 Å². The Morgan fingerprint density at radius 3 is 2.61 bits per heavy atom. The second kappa shape index (κ2) is 11.2. The molecular formula is C25H29N5O3. The number of carbonyl (C=O) groups is 1. The summed E-state index contributed by atoms with van der Waals surface area (Å²) in [6.07, 6.45) is 1.67. The Bertz CT molecular complexity index is 1100. The Kier molecular flexibility index (Phi) is 8.10. The van der Waals surface area contributed by atoms with Crippen molar-refractivity contribution in [2.75, 3.05) is 18.9 Å². The molecule has 1 unspecified atom stereocenters. The maximum atomic E-state index is 12.7. The van der Waals surface area contributed by atoms with Gasteiger partial charge in [0.15, 0.2) is 0 Å². The molecule has 0 aliphatic carbocycles. The van der Waals surface area contributed by atoms with Gasteiger partial charge in [0.25, 0.3) is 11.6 Å². The molecule has 172 valence electrons. The molecule has 3 rings (SSSR count). The molecule has 2 aromatic carbocycles. The van der Waals surface area contributed by atoms with Gasteiger partial charge in [-0.15, -0.1) is 0 Å². The molecule has 0 saturated heterocycles. The van der Waals surface area contributed by atoms with Crippen LogP contribution in [0.5, 0.6) is 0 Å². The third kappa shape index (κ3) is 6.60. The molecule has 1 atom stereocenters. The van der Waals surface area contributed by atoms with Crippen LogP contribution in [-0.2, 0) is 13.1 Å². The summed E-state index contributed by atoms with van der Waals surface area (Å²) in [4.78, 5) is 30.3.